The lowest BCUT2D eigenvalue weighted by atomic mass is 9.99. The van der Waals surface area contributed by atoms with E-state index in [0.717, 1.165) is 36.8 Å². The van der Waals surface area contributed by atoms with Gasteiger partial charge in [0.1, 0.15) is 11.5 Å². The van der Waals surface area contributed by atoms with Crippen molar-refractivity contribution in [3.05, 3.63) is 107 Å². The third-order valence-electron chi connectivity index (χ3n) is 6.11. The maximum absolute atomic E-state index is 14.8. The Kier molecular flexibility index (Phi) is 7.32. The summed E-state index contributed by atoms with van der Waals surface area (Å²) in [5.74, 6) is -1.59. The molecule has 0 bridgehead atoms. The van der Waals surface area contributed by atoms with Crippen molar-refractivity contribution in [2.24, 2.45) is 0 Å². The van der Waals surface area contributed by atoms with E-state index in [9.17, 15) is 30.7 Å². The normalized spacial score (nSPS) is 12.7. The van der Waals surface area contributed by atoms with Crippen LogP contribution in [0.5, 0.6) is 0 Å². The Morgan fingerprint density at radius 2 is 1.73 bits per heavy atom. The molecule has 0 aliphatic carbocycles. The van der Waals surface area contributed by atoms with E-state index in [-0.39, 0.29) is 28.3 Å². The van der Waals surface area contributed by atoms with Crippen LogP contribution >= 0.6 is 11.6 Å². The van der Waals surface area contributed by atoms with Crippen molar-refractivity contribution in [3.63, 3.8) is 0 Å². The van der Waals surface area contributed by atoms with E-state index >= 15 is 0 Å². The molecule has 1 atom stereocenters. The summed E-state index contributed by atoms with van der Waals surface area (Å²) >= 11 is 5.83. The van der Waals surface area contributed by atoms with E-state index in [0.29, 0.717) is 11.3 Å². The van der Waals surface area contributed by atoms with Crippen LogP contribution in [0.25, 0.3) is 22.3 Å². The van der Waals surface area contributed by atoms with Crippen molar-refractivity contribution >= 4 is 11.6 Å². The first kappa shape index (κ1) is 27.3. The molecular formula is C26H17ClF7N6+. The number of hydrogen-bond donors (Lipinski definition) is 0. The molecular weight excluding hydrogens is 565 g/mol. The molecule has 0 unspecified atom stereocenters. The number of nitrogens with zero attached hydrogens (tertiary/aromatic N) is 5. The topological polar surface area (TPSA) is 62.7 Å². The van der Waals surface area contributed by atoms with Gasteiger partial charge in [0.2, 0.25) is 5.69 Å². The average molecular weight is 582 g/mol. The minimum absolute atomic E-state index is 0.0266. The number of alkyl halides is 5. The smallest absolute Gasteiger partial charge is 0.267 e. The zero-order valence-electron chi connectivity index (χ0n) is 20.0. The van der Waals surface area contributed by atoms with E-state index in [4.69, 9.17) is 11.6 Å². The van der Waals surface area contributed by atoms with Gasteiger partial charge in [0, 0.05) is 40.7 Å². The van der Waals surface area contributed by atoms with E-state index < -0.39 is 41.5 Å². The second-order valence-corrected chi connectivity index (χ2v) is 9.10. The zero-order valence-corrected chi connectivity index (χ0v) is 20.8. The molecule has 0 aliphatic heterocycles. The molecule has 206 valence electrons. The molecule has 6 nitrogen and oxygen atoms in total. The summed E-state index contributed by atoms with van der Waals surface area (Å²) in [4.78, 5) is 6.30. The van der Waals surface area contributed by atoms with Crippen LogP contribution < -0.4 is 4.98 Å². The number of halogens is 8. The van der Waals surface area contributed by atoms with Crippen LogP contribution in [0, 0.1) is 11.6 Å². The van der Waals surface area contributed by atoms with Crippen LogP contribution in [0.2, 0.25) is 5.02 Å². The van der Waals surface area contributed by atoms with Crippen LogP contribution in [-0.2, 0) is 12.7 Å². The molecule has 0 amide bonds. The van der Waals surface area contributed by atoms with Crippen molar-refractivity contribution in [2.45, 2.75) is 25.2 Å². The molecule has 0 saturated carbocycles. The van der Waals surface area contributed by atoms with Gasteiger partial charge in [-0.15, -0.1) is 0 Å². The Morgan fingerprint density at radius 1 is 0.925 bits per heavy atom. The van der Waals surface area contributed by atoms with E-state index in [1.54, 1.807) is 0 Å². The fourth-order valence-electron chi connectivity index (χ4n) is 4.20. The Morgan fingerprint density at radius 3 is 2.38 bits per heavy atom. The highest BCUT2D eigenvalue weighted by atomic mass is 35.5. The minimum atomic E-state index is -4.64. The van der Waals surface area contributed by atoms with E-state index in [1.807, 2.05) is 0 Å². The third-order valence-corrected chi connectivity index (χ3v) is 6.40. The fourth-order valence-corrected chi connectivity index (χ4v) is 4.36. The van der Waals surface area contributed by atoms with Crippen molar-refractivity contribution in [1.29, 1.82) is 0 Å². The number of benzene rings is 1. The summed E-state index contributed by atoms with van der Waals surface area (Å²) < 4.78 is 97.8. The highest BCUT2D eigenvalue weighted by Gasteiger charge is 2.33. The Hall–Kier alpha value is -4.26. The molecule has 1 N–H and O–H groups in total. The fraction of sp³-hybridized carbons (Fsp3) is 0.154. The predicted octanol–water partition coefficient (Wildman–Crippen LogP) is 6.80. The van der Waals surface area contributed by atoms with Gasteiger partial charge in [-0.05, 0) is 29.8 Å². The number of pyridine rings is 2. The second kappa shape index (κ2) is 10.7. The largest absolute Gasteiger partial charge is 0.433 e. The lowest BCUT2D eigenvalue weighted by Crippen LogP contribution is -2.25. The van der Waals surface area contributed by atoms with Gasteiger partial charge in [-0.1, -0.05) is 17.7 Å². The molecule has 5 rings (SSSR count). The first-order valence-corrected chi connectivity index (χ1v) is 11.9. The number of aromatic nitrogens is 6. The maximum Gasteiger partial charge on any atom is 0.433 e. The van der Waals surface area contributed by atoms with Gasteiger partial charge in [0.25, 0.3) is 6.43 Å². The van der Waals surface area contributed by atoms with Gasteiger partial charge in [0.15, 0.2) is 18.1 Å². The van der Waals surface area contributed by atoms with Gasteiger partial charge in [0.05, 0.1) is 30.2 Å². The summed E-state index contributed by atoms with van der Waals surface area (Å²) in [7, 11) is 0. The number of rotatable bonds is 7. The summed E-state index contributed by atoms with van der Waals surface area (Å²) in [6.07, 6.45) is -0.254. The van der Waals surface area contributed by atoms with Crippen LogP contribution in [0.15, 0.2) is 73.6 Å². The van der Waals surface area contributed by atoms with Crippen LogP contribution in [0.1, 0.15) is 29.4 Å². The first-order chi connectivity index (χ1) is 19.0. The number of aromatic amines is 1. The molecule has 0 saturated heterocycles. The lowest BCUT2D eigenvalue weighted by molar-refractivity contribution is -0.393. The molecule has 4 heterocycles. The van der Waals surface area contributed by atoms with Gasteiger partial charge < -0.3 is 0 Å². The average Bonchev–Trinajstić information content (AvgIpc) is 3.57. The van der Waals surface area contributed by atoms with Crippen LogP contribution in [-0.4, -0.2) is 24.5 Å². The molecule has 0 aliphatic rings. The quantitative estimate of drug-likeness (QED) is 0.199. The summed E-state index contributed by atoms with van der Waals surface area (Å²) in [5, 5.41) is 7.90. The third kappa shape index (κ3) is 5.55. The highest BCUT2D eigenvalue weighted by molar-refractivity contribution is 6.31. The predicted molar refractivity (Wildman–Crippen MR) is 129 cm³/mol. The van der Waals surface area contributed by atoms with Crippen molar-refractivity contribution < 1.29 is 35.7 Å². The van der Waals surface area contributed by atoms with Crippen LogP contribution in [0.4, 0.5) is 30.7 Å². The van der Waals surface area contributed by atoms with Crippen LogP contribution in [0.3, 0.4) is 0 Å². The molecule has 0 radical (unpaired) electrons. The summed E-state index contributed by atoms with van der Waals surface area (Å²) in [5.41, 5.74) is -0.880. The summed E-state index contributed by atoms with van der Waals surface area (Å²) in [6, 6.07) is 6.58. The highest BCUT2D eigenvalue weighted by Crippen LogP contribution is 2.36. The number of hydrogen-bond acceptors (Lipinski definition) is 3. The Labute approximate surface area is 226 Å². The molecule has 0 spiro atoms. The van der Waals surface area contributed by atoms with Crippen molar-refractivity contribution in [3.8, 4) is 22.3 Å². The molecule has 14 heteroatoms. The Bertz CT molecular complexity index is 1650. The summed E-state index contributed by atoms with van der Waals surface area (Å²) in [6.45, 7) is 0.0266. The molecule has 1 aromatic carbocycles. The molecule has 40 heavy (non-hydrogen) atoms. The van der Waals surface area contributed by atoms with Gasteiger partial charge in [-0.25, -0.2) is 22.5 Å². The zero-order chi connectivity index (χ0) is 28.6. The first-order valence-electron chi connectivity index (χ1n) is 11.5. The Balaban J connectivity index is 1.53. The van der Waals surface area contributed by atoms with Gasteiger partial charge in [-0.3, -0.25) is 14.3 Å². The van der Waals surface area contributed by atoms with Crippen molar-refractivity contribution in [2.75, 3.05) is 0 Å². The molecule has 5 aromatic rings. The monoisotopic (exact) mass is 581 g/mol. The molecule has 0 fully saturated rings. The van der Waals surface area contributed by atoms with Gasteiger partial charge in [-0.2, -0.15) is 23.4 Å². The van der Waals surface area contributed by atoms with Crippen molar-refractivity contribution in [1.82, 2.24) is 24.5 Å². The SMILES string of the molecule is Fc1cnn(C[C@H](c2ccc(-c3c(C(F)F)ccc(Cl)c3F)c[nH+]2)n2cc(-c3ccnc(C(F)(F)F)c3)cn2)c1. The lowest BCUT2D eigenvalue weighted by Gasteiger charge is -2.15. The number of H-pyrrole nitrogens is 1. The van der Waals surface area contributed by atoms with E-state index in [1.165, 1.54) is 46.2 Å². The standard InChI is InChI=1S/C26H16ClF7N6/c27-19-3-2-18(25(30)31)23(24(19)29)15-1-4-20(36-8-15)21(13-39-12-17(28)10-37-39)40-11-16(9-38-40)14-5-6-35-22(7-14)26(32,33)34/h1-12,21,25H,13H2/p+1/t21-/m1/s1. The minimum Gasteiger partial charge on any atom is -0.267 e. The maximum atomic E-state index is 14.8. The van der Waals surface area contributed by atoms with Gasteiger partial charge >= 0.3 is 6.18 Å². The van der Waals surface area contributed by atoms with E-state index in [2.05, 4.69) is 20.2 Å². The molecule has 4 aromatic heterocycles. The number of nitrogens with one attached hydrogen (secondary N) is 1. The second-order valence-electron chi connectivity index (χ2n) is 8.69.